The smallest absolute Gasteiger partial charge is 0.344 e. The number of carbonyl (C=O) groups is 2. The predicted molar refractivity (Wildman–Crippen MR) is 186 cm³/mol. The third-order valence-corrected chi connectivity index (χ3v) is 8.00. The summed E-state index contributed by atoms with van der Waals surface area (Å²) in [6, 6.07) is 33.1. The molecule has 1 N–H and O–H groups in total. The molecule has 0 aliphatic carbocycles. The first kappa shape index (κ1) is 36.5. The molecule has 0 bridgehead atoms. The third-order valence-electron chi connectivity index (χ3n) is 7.77. The minimum absolute atomic E-state index is 0.0413. The van der Waals surface area contributed by atoms with Gasteiger partial charge >= 0.3 is 11.9 Å². The van der Waals surface area contributed by atoms with Gasteiger partial charge in [0, 0.05) is 24.0 Å². The minimum atomic E-state index is -0.687. The molecule has 0 aliphatic heterocycles. The molecule has 4 rings (SSSR count). The maximum atomic E-state index is 11.8. The van der Waals surface area contributed by atoms with E-state index in [0.717, 1.165) is 36.1 Å². The van der Waals surface area contributed by atoms with Crippen molar-refractivity contribution in [1.82, 2.24) is 4.90 Å². The molecule has 254 valence electrons. The van der Waals surface area contributed by atoms with E-state index in [1.54, 1.807) is 19.9 Å². The fraction of sp³-hybridized carbons (Fsp3) is 0.333. The van der Waals surface area contributed by atoms with Gasteiger partial charge in [-0.25, -0.2) is 9.59 Å². The van der Waals surface area contributed by atoms with E-state index >= 15 is 0 Å². The van der Waals surface area contributed by atoms with Crippen LogP contribution >= 0.6 is 11.6 Å². The fourth-order valence-electron chi connectivity index (χ4n) is 5.47. The first-order valence-corrected chi connectivity index (χ1v) is 16.7. The van der Waals surface area contributed by atoms with Gasteiger partial charge in [-0.05, 0) is 91.9 Å². The van der Waals surface area contributed by atoms with Crippen LogP contribution in [0.4, 0.5) is 0 Å². The Balaban J connectivity index is 1.49. The van der Waals surface area contributed by atoms with Gasteiger partial charge in [0.25, 0.3) is 0 Å². The topological polar surface area (TPSA) is 94.5 Å². The monoisotopic (exact) mass is 673 g/mol. The molecular weight excluding hydrogens is 630 g/mol. The van der Waals surface area contributed by atoms with Crippen LogP contribution in [0.5, 0.6) is 11.5 Å². The molecule has 1 atom stereocenters. The lowest BCUT2D eigenvalue weighted by Crippen LogP contribution is -2.29. The Bertz CT molecular complexity index is 1480. The molecule has 0 fully saturated rings. The molecule has 0 heterocycles. The standard InChI is InChI=1S/C39H44ClNO7/c1-3-45-38(43)27-47-34-19-15-30(16-20-34)36(31-17-21-35(22-18-31)48-28-39(44)46-4-2)14-9-23-41(25-29-10-6-5-7-11-29)26-37(42)32-12-8-13-33(40)24-32/h5-8,10-13,15-22,24,36-37,42H,3-4,9,14,23,25-28H2,1-2H3/t37-/m0/s1. The summed E-state index contributed by atoms with van der Waals surface area (Å²) in [5.41, 5.74) is 4.14. The van der Waals surface area contributed by atoms with Crippen molar-refractivity contribution in [3.05, 3.63) is 130 Å². The number of hydrogen-bond acceptors (Lipinski definition) is 8. The summed E-state index contributed by atoms with van der Waals surface area (Å²) in [5.74, 6) is 0.379. The number of hydrogen-bond donors (Lipinski definition) is 1. The van der Waals surface area contributed by atoms with Crippen LogP contribution in [0.25, 0.3) is 0 Å². The zero-order valence-corrected chi connectivity index (χ0v) is 28.3. The van der Waals surface area contributed by atoms with Crippen molar-refractivity contribution in [2.24, 2.45) is 0 Å². The molecule has 0 unspecified atom stereocenters. The summed E-state index contributed by atoms with van der Waals surface area (Å²) in [6.45, 7) is 5.73. The van der Waals surface area contributed by atoms with E-state index in [4.69, 9.17) is 30.5 Å². The average molecular weight is 674 g/mol. The Hall–Kier alpha value is -4.37. The minimum Gasteiger partial charge on any atom is -0.482 e. The van der Waals surface area contributed by atoms with Gasteiger partial charge in [0.05, 0.1) is 19.3 Å². The number of aliphatic hydroxyl groups excluding tert-OH is 1. The van der Waals surface area contributed by atoms with Crippen LogP contribution in [0, 0.1) is 0 Å². The quantitative estimate of drug-likeness (QED) is 0.103. The zero-order valence-electron chi connectivity index (χ0n) is 27.6. The Morgan fingerprint density at radius 2 is 1.29 bits per heavy atom. The maximum Gasteiger partial charge on any atom is 0.344 e. The number of halogens is 1. The van der Waals surface area contributed by atoms with Gasteiger partial charge in [0.1, 0.15) is 11.5 Å². The Morgan fingerprint density at radius 3 is 1.81 bits per heavy atom. The van der Waals surface area contributed by atoms with E-state index in [1.807, 2.05) is 84.9 Å². The van der Waals surface area contributed by atoms with Gasteiger partial charge in [0.2, 0.25) is 0 Å². The number of esters is 2. The van der Waals surface area contributed by atoms with Crippen molar-refractivity contribution in [2.75, 3.05) is 39.5 Å². The molecule has 0 saturated carbocycles. The Kier molecular flexibility index (Phi) is 14.8. The Labute approximate surface area is 288 Å². The molecule has 0 aromatic heterocycles. The zero-order chi connectivity index (χ0) is 34.1. The van der Waals surface area contributed by atoms with Crippen LogP contribution < -0.4 is 9.47 Å². The first-order valence-electron chi connectivity index (χ1n) is 16.3. The van der Waals surface area contributed by atoms with Gasteiger partial charge in [-0.3, -0.25) is 4.90 Å². The molecule has 0 saturated heterocycles. The summed E-state index contributed by atoms with van der Waals surface area (Å²) in [7, 11) is 0. The normalized spacial score (nSPS) is 11.7. The van der Waals surface area contributed by atoms with Crippen molar-refractivity contribution in [2.45, 2.75) is 45.3 Å². The highest BCUT2D eigenvalue weighted by Gasteiger charge is 2.19. The molecule has 8 nitrogen and oxygen atoms in total. The SMILES string of the molecule is CCOC(=O)COc1ccc(C(CCCN(Cc2ccccc2)C[C@H](O)c2cccc(Cl)c2)c2ccc(OCC(=O)OCC)cc2)cc1. The van der Waals surface area contributed by atoms with Gasteiger partial charge in [-0.1, -0.05) is 78.3 Å². The highest BCUT2D eigenvalue weighted by Crippen LogP contribution is 2.32. The van der Waals surface area contributed by atoms with E-state index < -0.39 is 18.0 Å². The van der Waals surface area contributed by atoms with Crippen LogP contribution in [-0.2, 0) is 25.6 Å². The van der Waals surface area contributed by atoms with Crippen molar-refractivity contribution < 1.29 is 33.6 Å². The number of carbonyl (C=O) groups excluding carboxylic acids is 2. The molecule has 0 aliphatic rings. The molecular formula is C39H44ClNO7. The van der Waals surface area contributed by atoms with E-state index in [1.165, 1.54) is 5.56 Å². The Morgan fingerprint density at radius 1 is 0.729 bits per heavy atom. The second kappa shape index (κ2) is 19.5. The summed E-state index contributed by atoms with van der Waals surface area (Å²) in [4.78, 5) is 25.8. The molecule has 48 heavy (non-hydrogen) atoms. The van der Waals surface area contributed by atoms with Gasteiger partial charge in [0.15, 0.2) is 13.2 Å². The van der Waals surface area contributed by atoms with Crippen molar-refractivity contribution in [3.8, 4) is 11.5 Å². The fourth-order valence-corrected chi connectivity index (χ4v) is 5.67. The van der Waals surface area contributed by atoms with Crippen LogP contribution in [0.15, 0.2) is 103 Å². The van der Waals surface area contributed by atoms with Crippen LogP contribution in [0.2, 0.25) is 5.02 Å². The first-order chi connectivity index (χ1) is 23.3. The maximum absolute atomic E-state index is 11.8. The summed E-state index contributed by atoms with van der Waals surface area (Å²) < 4.78 is 21.2. The second-order valence-corrected chi connectivity index (χ2v) is 11.7. The number of ether oxygens (including phenoxy) is 4. The number of rotatable bonds is 19. The average Bonchev–Trinajstić information content (AvgIpc) is 3.09. The van der Waals surface area contributed by atoms with Gasteiger partial charge < -0.3 is 24.1 Å². The van der Waals surface area contributed by atoms with E-state index in [9.17, 15) is 14.7 Å². The lowest BCUT2D eigenvalue weighted by atomic mass is 9.87. The summed E-state index contributed by atoms with van der Waals surface area (Å²) in [5, 5.41) is 11.7. The van der Waals surface area contributed by atoms with Crippen LogP contribution in [-0.4, -0.2) is 61.5 Å². The molecule has 9 heteroatoms. The summed E-state index contributed by atoms with van der Waals surface area (Å²) in [6.07, 6.45) is 0.986. The largest absolute Gasteiger partial charge is 0.482 e. The van der Waals surface area contributed by atoms with Crippen LogP contribution in [0.1, 0.15) is 61.0 Å². The number of benzene rings is 4. The van der Waals surface area contributed by atoms with Crippen molar-refractivity contribution in [3.63, 3.8) is 0 Å². The second-order valence-electron chi connectivity index (χ2n) is 11.3. The van der Waals surface area contributed by atoms with E-state index in [0.29, 0.717) is 42.8 Å². The highest BCUT2D eigenvalue weighted by atomic mass is 35.5. The van der Waals surface area contributed by atoms with Crippen molar-refractivity contribution >= 4 is 23.5 Å². The van der Waals surface area contributed by atoms with Gasteiger partial charge in [-0.15, -0.1) is 0 Å². The molecule has 4 aromatic carbocycles. The molecule has 4 aromatic rings. The molecule has 0 amide bonds. The molecule has 0 radical (unpaired) electrons. The van der Waals surface area contributed by atoms with Crippen LogP contribution in [0.3, 0.4) is 0 Å². The molecule has 0 spiro atoms. The number of nitrogens with zero attached hydrogens (tertiary/aromatic N) is 1. The lowest BCUT2D eigenvalue weighted by molar-refractivity contribution is -0.146. The van der Waals surface area contributed by atoms with Crippen molar-refractivity contribution in [1.29, 1.82) is 0 Å². The number of aliphatic hydroxyl groups is 1. The lowest BCUT2D eigenvalue weighted by Gasteiger charge is -2.27. The summed E-state index contributed by atoms with van der Waals surface area (Å²) >= 11 is 6.22. The van der Waals surface area contributed by atoms with E-state index in [-0.39, 0.29) is 19.1 Å². The third kappa shape index (κ3) is 12.0. The predicted octanol–water partition coefficient (Wildman–Crippen LogP) is 7.37. The highest BCUT2D eigenvalue weighted by molar-refractivity contribution is 6.30. The van der Waals surface area contributed by atoms with E-state index in [2.05, 4.69) is 17.0 Å². The van der Waals surface area contributed by atoms with Gasteiger partial charge in [-0.2, -0.15) is 0 Å².